The normalized spacial score (nSPS) is 11.1. The fourth-order valence-corrected chi connectivity index (χ4v) is 4.53. The summed E-state index contributed by atoms with van der Waals surface area (Å²) >= 11 is -0.225. The van der Waals surface area contributed by atoms with E-state index in [1.54, 1.807) is 3.61 Å². The van der Waals surface area contributed by atoms with Gasteiger partial charge < -0.3 is 0 Å². The van der Waals surface area contributed by atoms with E-state index < -0.39 is 0 Å². The van der Waals surface area contributed by atoms with Gasteiger partial charge in [-0.1, -0.05) is 0 Å². The summed E-state index contributed by atoms with van der Waals surface area (Å²) in [6.07, 6.45) is 2.25. The van der Waals surface area contributed by atoms with Crippen molar-refractivity contribution in [3.63, 3.8) is 0 Å². The second-order valence-corrected chi connectivity index (χ2v) is 7.17. The molecule has 2 aromatic rings. The Labute approximate surface area is 120 Å². The third kappa shape index (κ3) is 3.48. The van der Waals surface area contributed by atoms with Crippen molar-refractivity contribution in [1.29, 1.82) is 0 Å². The molecule has 92 valence electrons. The van der Waals surface area contributed by atoms with Crippen molar-refractivity contribution in [2.45, 2.75) is 20.8 Å². The maximum absolute atomic E-state index is 2.38. The van der Waals surface area contributed by atoms with E-state index >= 15 is 0 Å². The molecule has 2 aromatic carbocycles. The Bertz CT molecular complexity index is 530. The zero-order chi connectivity index (χ0) is 13.0. The zero-order valence-corrected chi connectivity index (χ0v) is 13.4. The van der Waals surface area contributed by atoms with E-state index in [9.17, 15) is 0 Å². The van der Waals surface area contributed by atoms with Gasteiger partial charge in [0.2, 0.25) is 0 Å². The first kappa shape index (κ1) is 13.4. The van der Waals surface area contributed by atoms with Gasteiger partial charge in [0, 0.05) is 0 Å². The van der Waals surface area contributed by atoms with Crippen LogP contribution in [0.2, 0.25) is 0 Å². The Morgan fingerprint density at radius 1 is 0.889 bits per heavy atom. The van der Waals surface area contributed by atoms with Crippen LogP contribution in [-0.2, 0) is 0 Å². The van der Waals surface area contributed by atoms with Gasteiger partial charge in [0.25, 0.3) is 0 Å². The first-order chi connectivity index (χ1) is 8.66. The van der Waals surface area contributed by atoms with Gasteiger partial charge in [-0.15, -0.1) is 0 Å². The van der Waals surface area contributed by atoms with Gasteiger partial charge in [0.1, 0.15) is 0 Å². The van der Waals surface area contributed by atoms with E-state index in [-0.39, 0.29) is 20.9 Å². The van der Waals surface area contributed by atoms with Crippen LogP contribution < -0.4 is 3.61 Å². The minimum atomic E-state index is -0.225. The van der Waals surface area contributed by atoms with E-state index in [4.69, 9.17) is 0 Å². The molecule has 0 nitrogen and oxygen atoms in total. The predicted octanol–water partition coefficient (Wildman–Crippen LogP) is 3.61. The average Bonchev–Trinajstić information content (AvgIpc) is 2.34. The van der Waals surface area contributed by atoms with Gasteiger partial charge >= 0.3 is 120 Å². The predicted molar refractivity (Wildman–Crippen MR) is 81.5 cm³/mol. The van der Waals surface area contributed by atoms with Crippen LogP contribution >= 0.6 is 0 Å². The molecule has 0 amide bonds. The van der Waals surface area contributed by atoms with Crippen LogP contribution in [0.5, 0.6) is 0 Å². The Morgan fingerprint density at radius 2 is 1.50 bits per heavy atom. The summed E-state index contributed by atoms with van der Waals surface area (Å²) in [6.45, 7) is 6.64. The first-order valence-corrected chi connectivity index (χ1v) is 8.64. The minimum absolute atomic E-state index is 0.225. The summed E-state index contributed by atoms with van der Waals surface area (Å²) in [5.41, 5.74) is 5.57. The van der Waals surface area contributed by atoms with Gasteiger partial charge in [0.15, 0.2) is 0 Å². The number of rotatable bonds is 3. The molecule has 0 aromatic heterocycles. The molecule has 0 heterocycles. The fraction of sp³-hybridized carbons (Fsp3) is 0.176. The summed E-state index contributed by atoms with van der Waals surface area (Å²) in [6, 6.07) is 15.1. The van der Waals surface area contributed by atoms with Gasteiger partial charge in [-0.2, -0.15) is 0 Å². The molecule has 0 N–H and O–H groups in total. The van der Waals surface area contributed by atoms with Gasteiger partial charge in [-0.3, -0.25) is 0 Å². The number of aryl methyl sites for hydroxylation is 3. The number of hydrogen-bond acceptors (Lipinski definition) is 0. The second-order valence-electron chi connectivity index (χ2n) is 4.56. The Balaban J connectivity index is 2.14. The van der Waals surface area contributed by atoms with Crippen LogP contribution in [0, 0.1) is 20.8 Å². The number of hydrogen-bond donors (Lipinski definition) is 0. The van der Waals surface area contributed by atoms with E-state index in [1.165, 1.54) is 22.3 Å². The summed E-state index contributed by atoms with van der Waals surface area (Å²) in [5, 5.41) is 0. The van der Waals surface area contributed by atoms with Crippen molar-refractivity contribution in [2.75, 3.05) is 0 Å². The molecular weight excluding hydrogens is 332 g/mol. The molecule has 0 atom stereocenters. The van der Waals surface area contributed by atoms with Crippen LogP contribution in [0.1, 0.15) is 22.3 Å². The quantitative estimate of drug-likeness (QED) is 0.742. The third-order valence-corrected chi connectivity index (χ3v) is 6.14. The van der Waals surface area contributed by atoms with Crippen molar-refractivity contribution in [1.82, 2.24) is 0 Å². The summed E-state index contributed by atoms with van der Waals surface area (Å²) in [7, 11) is 0. The molecule has 0 fully saturated rings. The van der Waals surface area contributed by atoms with Crippen LogP contribution in [0.4, 0.5) is 0 Å². The van der Waals surface area contributed by atoms with E-state index in [2.05, 4.69) is 73.4 Å². The Morgan fingerprint density at radius 3 is 2.11 bits per heavy atom. The van der Waals surface area contributed by atoms with Gasteiger partial charge in [-0.05, 0) is 0 Å². The van der Waals surface area contributed by atoms with E-state index in [0.29, 0.717) is 0 Å². The van der Waals surface area contributed by atoms with E-state index in [0.717, 1.165) is 0 Å². The summed E-state index contributed by atoms with van der Waals surface area (Å²) < 4.78 is 3.96. The van der Waals surface area contributed by atoms with Crippen LogP contribution in [-0.4, -0.2) is 20.9 Å². The molecule has 18 heavy (non-hydrogen) atoms. The topological polar surface area (TPSA) is 0 Å². The van der Waals surface area contributed by atoms with Crippen molar-refractivity contribution in [2.24, 2.45) is 0 Å². The molecule has 0 aliphatic heterocycles. The monoisotopic (exact) mass is 352 g/mol. The fourth-order valence-electron chi connectivity index (χ4n) is 2.10. The molecule has 0 unspecified atom stereocenters. The maximum atomic E-state index is 2.38. The van der Waals surface area contributed by atoms with Crippen molar-refractivity contribution in [3.8, 4) is 0 Å². The third-order valence-electron chi connectivity index (χ3n) is 2.85. The molecule has 0 radical (unpaired) electrons. The van der Waals surface area contributed by atoms with Crippen LogP contribution in [0.15, 0.2) is 46.6 Å². The van der Waals surface area contributed by atoms with Crippen molar-refractivity contribution < 1.29 is 0 Å². The molecule has 0 saturated carbocycles. The van der Waals surface area contributed by atoms with Gasteiger partial charge in [-0.25, -0.2) is 0 Å². The molecule has 1 heteroatoms. The van der Waals surface area contributed by atoms with Crippen molar-refractivity contribution in [3.05, 3.63) is 68.8 Å². The van der Waals surface area contributed by atoms with Crippen LogP contribution in [0.25, 0.3) is 6.08 Å². The molecular formula is C17H18Te. The average molecular weight is 350 g/mol. The van der Waals surface area contributed by atoms with E-state index in [1.807, 2.05) is 0 Å². The molecule has 0 aliphatic rings. The van der Waals surface area contributed by atoms with Gasteiger partial charge in [0.05, 0.1) is 0 Å². The van der Waals surface area contributed by atoms with Crippen molar-refractivity contribution >= 4 is 30.6 Å². The standard InChI is InChI=1S/C17H18Te/c1-13-11-14(2)17(15(3)12-13)18-10-9-16-7-5-4-6-8-16/h4-12H,1-3H3/b10-9-. The summed E-state index contributed by atoms with van der Waals surface area (Å²) in [4.78, 5) is 0. The zero-order valence-electron chi connectivity index (χ0n) is 11.1. The summed E-state index contributed by atoms with van der Waals surface area (Å²) in [5.74, 6) is 0. The van der Waals surface area contributed by atoms with Crippen LogP contribution in [0.3, 0.4) is 0 Å². The molecule has 0 spiro atoms. The number of benzene rings is 2. The molecule has 0 saturated heterocycles. The molecule has 0 bridgehead atoms. The second kappa shape index (κ2) is 6.23. The Hall–Kier alpha value is -1.03. The molecule has 2 rings (SSSR count). The SMILES string of the molecule is Cc1cc(C)c([Te]/C=C\c2ccccc2)c(C)c1. The Kier molecular flexibility index (Phi) is 4.64. The first-order valence-electron chi connectivity index (χ1n) is 6.13. The molecule has 0 aliphatic carbocycles.